The van der Waals surface area contributed by atoms with Gasteiger partial charge in [-0.15, -0.1) is 22.7 Å². The minimum atomic E-state index is -5.71. The number of halogens is 6. The van der Waals surface area contributed by atoms with E-state index in [0.717, 1.165) is 79.2 Å². The molecule has 0 aliphatic heterocycles. The second kappa shape index (κ2) is 18.3. The molecule has 312 valence electrons. The van der Waals surface area contributed by atoms with Crippen molar-refractivity contribution in [2.24, 2.45) is 0 Å². The van der Waals surface area contributed by atoms with Crippen molar-refractivity contribution < 1.29 is 35.9 Å². The van der Waals surface area contributed by atoms with Gasteiger partial charge in [-0.25, -0.2) is 0 Å². The second-order valence-corrected chi connectivity index (χ2v) is 19.0. The van der Waals surface area contributed by atoms with E-state index in [1.165, 1.54) is 27.7 Å². The number of benzene rings is 4. The van der Waals surface area contributed by atoms with Crippen molar-refractivity contribution in [3.63, 3.8) is 0 Å². The first kappa shape index (κ1) is 44.9. The van der Waals surface area contributed by atoms with Crippen LogP contribution in [0.3, 0.4) is 0 Å². The molecule has 0 N–H and O–H groups in total. The maximum atomic E-state index is 15.8. The van der Waals surface area contributed by atoms with Gasteiger partial charge in [-0.1, -0.05) is 70.9 Å². The molecule has 0 unspecified atom stereocenters. The van der Waals surface area contributed by atoms with Crippen molar-refractivity contribution in [3.05, 3.63) is 173 Å². The molecule has 0 amide bonds. The molecule has 4 aromatic carbocycles. The molecule has 0 spiro atoms. The van der Waals surface area contributed by atoms with Crippen LogP contribution in [-0.4, -0.2) is 28.0 Å². The minimum Gasteiger partial charge on any atom is -0.287 e. The van der Waals surface area contributed by atoms with Crippen LogP contribution in [0.1, 0.15) is 77.9 Å². The number of aryl methyl sites for hydroxylation is 2. The predicted molar refractivity (Wildman–Crippen MR) is 243 cm³/mol. The molecule has 0 bridgehead atoms. The topological polar surface area (TPSA) is 34.1 Å². The summed E-state index contributed by atoms with van der Waals surface area (Å²) in [6.45, 7) is 5.80. The Morgan fingerprint density at radius 2 is 0.698 bits per heavy atom. The largest absolute Gasteiger partial charge is 0.380 e. The quantitative estimate of drug-likeness (QED) is 0.100. The van der Waals surface area contributed by atoms with E-state index in [9.17, 15) is 9.59 Å². The fourth-order valence-electron chi connectivity index (χ4n) is 6.39. The van der Waals surface area contributed by atoms with Gasteiger partial charge in [-0.3, -0.25) is 9.59 Å². The van der Waals surface area contributed by atoms with Gasteiger partial charge >= 0.3 is 17.8 Å². The van der Waals surface area contributed by atoms with E-state index < -0.39 is 40.0 Å². The molecule has 0 saturated carbocycles. The van der Waals surface area contributed by atoms with Crippen molar-refractivity contribution in [3.8, 4) is 47.4 Å². The Balaban J connectivity index is 1.12. The highest BCUT2D eigenvalue weighted by Gasteiger charge is 2.80. The molecule has 0 saturated heterocycles. The van der Waals surface area contributed by atoms with Gasteiger partial charge in [0.1, 0.15) is 0 Å². The lowest BCUT2D eigenvalue weighted by molar-refractivity contribution is -0.254. The Labute approximate surface area is 377 Å². The van der Waals surface area contributed by atoms with Crippen LogP contribution in [0.2, 0.25) is 0 Å². The van der Waals surface area contributed by atoms with E-state index in [1.807, 2.05) is 48.5 Å². The van der Waals surface area contributed by atoms with E-state index in [4.69, 9.17) is 0 Å². The minimum absolute atomic E-state index is 0.0144. The molecule has 2 nitrogen and oxygen atoms in total. The summed E-state index contributed by atoms with van der Waals surface area (Å²) in [5, 5.41) is -0.0288. The Bertz CT molecular complexity index is 2850. The maximum Gasteiger partial charge on any atom is 0.380 e. The van der Waals surface area contributed by atoms with Gasteiger partial charge in [0.15, 0.2) is 10.2 Å². The van der Waals surface area contributed by atoms with Crippen LogP contribution in [0.15, 0.2) is 119 Å². The summed E-state index contributed by atoms with van der Waals surface area (Å²) in [6, 6.07) is 30.7. The fourth-order valence-corrected chi connectivity index (χ4v) is 9.36. The third-order valence-electron chi connectivity index (χ3n) is 9.40. The maximum absolute atomic E-state index is 15.8. The molecule has 7 rings (SSSR count). The molecule has 1 aliphatic carbocycles. The standard InChI is InChI=1S/C51H30F6O2S4/c1-31-45(29-43(60-31)27-21-37-11-5-35(6-12-37)9-15-39-17-23-41(24-18-39)62-33(3)58)47-48(50(54,55)51(56,57)49(47,52)53)46-30-44(61-32(46)2)28-22-38-13-7-36(8-14-38)10-16-40-19-25-42(26-20-40)63-34(4)59/h5-8,11-14,17-20,23-26,29-30H,1-4H3. The number of thiophene rings is 2. The predicted octanol–water partition coefficient (Wildman–Crippen LogP) is 13.1. The summed E-state index contributed by atoms with van der Waals surface area (Å²) < 4.78 is 93.6. The monoisotopic (exact) mass is 916 g/mol. The molecule has 0 fully saturated rings. The average molecular weight is 917 g/mol. The number of hydrogen-bond donors (Lipinski definition) is 0. The van der Waals surface area contributed by atoms with Crippen molar-refractivity contribution in [1.29, 1.82) is 0 Å². The molecular weight excluding hydrogens is 887 g/mol. The molecule has 1 aliphatic rings. The number of alkyl halides is 6. The van der Waals surface area contributed by atoms with Crippen LogP contribution < -0.4 is 0 Å². The van der Waals surface area contributed by atoms with Gasteiger partial charge < -0.3 is 0 Å². The van der Waals surface area contributed by atoms with Crippen LogP contribution in [0.4, 0.5) is 26.3 Å². The summed E-state index contributed by atoms with van der Waals surface area (Å²) >= 11 is 4.14. The fraction of sp³-hybridized carbons (Fsp3) is 0.137. The van der Waals surface area contributed by atoms with E-state index in [0.29, 0.717) is 22.3 Å². The summed E-state index contributed by atoms with van der Waals surface area (Å²) in [5.74, 6) is 7.66. The number of carbonyl (C=O) groups excluding carboxylic acids is 2. The molecule has 6 aromatic rings. The van der Waals surface area contributed by atoms with Crippen molar-refractivity contribution in [2.45, 2.75) is 55.3 Å². The van der Waals surface area contributed by atoms with Gasteiger partial charge in [0, 0.05) is 77.9 Å². The molecule has 63 heavy (non-hydrogen) atoms. The van der Waals surface area contributed by atoms with Crippen LogP contribution >= 0.6 is 46.2 Å². The van der Waals surface area contributed by atoms with Gasteiger partial charge in [-0.2, -0.15) is 26.3 Å². The van der Waals surface area contributed by atoms with Gasteiger partial charge in [0.05, 0.1) is 9.75 Å². The highest BCUT2D eigenvalue weighted by molar-refractivity contribution is 8.13. The molecule has 2 heterocycles. The number of rotatable bonds is 4. The van der Waals surface area contributed by atoms with Crippen LogP contribution in [0.25, 0.3) is 11.1 Å². The summed E-state index contributed by atoms with van der Waals surface area (Å²) in [6.07, 6.45) is 0. The number of hydrogen-bond acceptors (Lipinski definition) is 6. The van der Waals surface area contributed by atoms with E-state index in [-0.39, 0.29) is 29.7 Å². The van der Waals surface area contributed by atoms with Gasteiger partial charge in [-0.05, 0) is 134 Å². The Kier molecular flexibility index (Phi) is 13.1. The number of carbonyl (C=O) groups is 2. The second-order valence-electron chi connectivity index (χ2n) is 14.0. The smallest absolute Gasteiger partial charge is 0.287 e. The zero-order valence-electron chi connectivity index (χ0n) is 33.6. The summed E-state index contributed by atoms with van der Waals surface area (Å²) in [7, 11) is 0. The van der Waals surface area contributed by atoms with Crippen molar-refractivity contribution in [1.82, 2.24) is 0 Å². The highest BCUT2D eigenvalue weighted by atomic mass is 32.2. The zero-order valence-corrected chi connectivity index (χ0v) is 36.9. The molecule has 0 atom stereocenters. The Morgan fingerprint density at radius 1 is 0.444 bits per heavy atom. The highest BCUT2D eigenvalue weighted by Crippen LogP contribution is 2.65. The molecule has 2 aromatic heterocycles. The van der Waals surface area contributed by atoms with Crippen LogP contribution in [0, 0.1) is 61.2 Å². The first-order valence-corrected chi connectivity index (χ1v) is 22.1. The lowest BCUT2D eigenvalue weighted by Crippen LogP contribution is -2.48. The van der Waals surface area contributed by atoms with Crippen molar-refractivity contribution >= 4 is 67.6 Å². The molecule has 0 radical (unpaired) electrons. The summed E-state index contributed by atoms with van der Waals surface area (Å²) in [4.78, 5) is 25.0. The molecule has 12 heteroatoms. The van der Waals surface area contributed by atoms with Crippen LogP contribution in [0.5, 0.6) is 0 Å². The number of thioether (sulfide) groups is 2. The van der Waals surface area contributed by atoms with E-state index in [1.54, 1.807) is 48.5 Å². The Morgan fingerprint density at radius 3 is 0.968 bits per heavy atom. The third-order valence-corrected chi connectivity index (χ3v) is 12.9. The van der Waals surface area contributed by atoms with Crippen LogP contribution in [-0.2, 0) is 9.59 Å². The van der Waals surface area contributed by atoms with Gasteiger partial charge in [0.25, 0.3) is 0 Å². The summed E-state index contributed by atoms with van der Waals surface area (Å²) in [5.41, 5.74) is 0.300. The first-order valence-electron chi connectivity index (χ1n) is 18.9. The first-order chi connectivity index (χ1) is 29.9. The molecular formula is C51H30F6O2S4. The SMILES string of the molecule is CC(=O)Sc1ccc(C#Cc2ccc(C#Cc3cc(C4=C(c5cc(C#Cc6ccc(C#Cc7ccc(SC(C)=O)cc7)cc6)sc5C)C(F)(F)C(F)(F)C4(F)F)c(C)s3)cc2)cc1. The lowest BCUT2D eigenvalue weighted by atomic mass is 9.95. The van der Waals surface area contributed by atoms with Crippen molar-refractivity contribution in [2.75, 3.05) is 0 Å². The van der Waals surface area contributed by atoms with E-state index in [2.05, 4.69) is 47.4 Å². The number of allylic oxidation sites excluding steroid dienone is 2. The van der Waals surface area contributed by atoms with E-state index >= 15 is 26.3 Å². The Hall–Kier alpha value is -6.12. The third kappa shape index (κ3) is 9.92. The zero-order chi connectivity index (χ0) is 45.1. The average Bonchev–Trinajstić information content (AvgIpc) is 3.83. The lowest BCUT2D eigenvalue weighted by Gasteiger charge is -2.25. The normalized spacial score (nSPS) is 14.3. The van der Waals surface area contributed by atoms with Gasteiger partial charge in [0.2, 0.25) is 0 Å².